The van der Waals surface area contributed by atoms with E-state index in [4.69, 9.17) is 5.73 Å². The molecule has 0 aliphatic carbocycles. The first-order valence-electron chi connectivity index (χ1n) is 4.10. The molecule has 0 bridgehead atoms. The highest BCUT2D eigenvalue weighted by atomic mass is 16.1. The van der Waals surface area contributed by atoms with Crippen LogP contribution in [0.2, 0.25) is 0 Å². The molecule has 1 unspecified atom stereocenters. The van der Waals surface area contributed by atoms with Crippen LogP contribution in [0.25, 0.3) is 0 Å². The lowest BCUT2D eigenvalue weighted by Crippen LogP contribution is -2.24. The summed E-state index contributed by atoms with van der Waals surface area (Å²) in [6.07, 6.45) is 3.64. The highest BCUT2D eigenvalue weighted by Crippen LogP contribution is 2.11. The fourth-order valence-electron chi connectivity index (χ4n) is 1.03. The van der Waals surface area contributed by atoms with Gasteiger partial charge in [-0.1, -0.05) is 0 Å². The number of rotatable bonds is 3. The molecule has 3 N–H and O–H groups in total. The van der Waals surface area contributed by atoms with Crippen molar-refractivity contribution in [2.24, 2.45) is 5.73 Å². The number of amides is 1. The third kappa shape index (κ3) is 2.83. The molecule has 0 aromatic carbocycles. The molecule has 0 spiro atoms. The zero-order chi connectivity index (χ0) is 9.68. The Balaban J connectivity index is 2.59. The van der Waals surface area contributed by atoms with E-state index in [1.165, 1.54) is 0 Å². The highest BCUT2D eigenvalue weighted by molar-refractivity contribution is 5.76. The zero-order valence-corrected chi connectivity index (χ0v) is 7.53. The first kappa shape index (κ1) is 9.67. The summed E-state index contributed by atoms with van der Waals surface area (Å²) in [6.45, 7) is 0. The van der Waals surface area contributed by atoms with Crippen molar-refractivity contribution in [3.63, 3.8) is 0 Å². The number of pyridine rings is 1. The molecule has 1 aromatic heterocycles. The first-order valence-corrected chi connectivity index (χ1v) is 4.10. The van der Waals surface area contributed by atoms with Gasteiger partial charge in [0.25, 0.3) is 0 Å². The smallest absolute Gasteiger partial charge is 0.221 e. The summed E-state index contributed by atoms with van der Waals surface area (Å²) < 4.78 is 0. The van der Waals surface area contributed by atoms with Gasteiger partial charge in [-0.3, -0.25) is 9.78 Å². The normalized spacial score (nSPS) is 12.2. The lowest BCUT2D eigenvalue weighted by molar-refractivity contribution is -0.120. The second kappa shape index (κ2) is 4.57. The number of nitrogens with one attached hydrogen (secondary N) is 1. The molecule has 13 heavy (non-hydrogen) atoms. The van der Waals surface area contributed by atoms with Crippen LogP contribution in [0.1, 0.15) is 18.0 Å². The van der Waals surface area contributed by atoms with Gasteiger partial charge in [0.15, 0.2) is 0 Å². The molecule has 1 aromatic rings. The van der Waals surface area contributed by atoms with Gasteiger partial charge in [-0.05, 0) is 17.7 Å². The van der Waals surface area contributed by atoms with Gasteiger partial charge in [-0.25, -0.2) is 0 Å². The van der Waals surface area contributed by atoms with Crippen LogP contribution in [0.5, 0.6) is 0 Å². The van der Waals surface area contributed by atoms with Crippen molar-refractivity contribution in [2.75, 3.05) is 7.05 Å². The van der Waals surface area contributed by atoms with Gasteiger partial charge in [0, 0.05) is 31.9 Å². The number of aromatic nitrogens is 1. The molecular formula is C9H13N3O. The van der Waals surface area contributed by atoms with Gasteiger partial charge in [-0.2, -0.15) is 0 Å². The minimum atomic E-state index is -0.247. The average Bonchev–Trinajstić information content (AvgIpc) is 2.19. The monoisotopic (exact) mass is 179 g/mol. The van der Waals surface area contributed by atoms with Gasteiger partial charge in [0.05, 0.1) is 0 Å². The summed E-state index contributed by atoms with van der Waals surface area (Å²) in [5.74, 6) is -0.0516. The molecular weight excluding hydrogens is 166 g/mol. The van der Waals surface area contributed by atoms with Crippen molar-refractivity contribution in [1.82, 2.24) is 10.3 Å². The maximum Gasteiger partial charge on any atom is 0.221 e. The van der Waals surface area contributed by atoms with Crippen LogP contribution in [-0.2, 0) is 4.79 Å². The van der Waals surface area contributed by atoms with E-state index >= 15 is 0 Å². The van der Waals surface area contributed by atoms with Crippen LogP contribution >= 0.6 is 0 Å². The highest BCUT2D eigenvalue weighted by Gasteiger charge is 2.09. The second-order valence-electron chi connectivity index (χ2n) is 2.76. The first-order chi connectivity index (χ1) is 6.24. The number of hydrogen-bond donors (Lipinski definition) is 2. The molecule has 1 amide bonds. The summed E-state index contributed by atoms with van der Waals surface area (Å²) >= 11 is 0. The summed E-state index contributed by atoms with van der Waals surface area (Å²) in [4.78, 5) is 14.9. The second-order valence-corrected chi connectivity index (χ2v) is 2.76. The van der Waals surface area contributed by atoms with Crippen molar-refractivity contribution >= 4 is 5.91 Å². The van der Waals surface area contributed by atoms with Crippen LogP contribution in [0.4, 0.5) is 0 Å². The summed E-state index contributed by atoms with van der Waals surface area (Å²) in [5, 5.41) is 2.53. The summed E-state index contributed by atoms with van der Waals surface area (Å²) in [5.41, 5.74) is 6.71. The van der Waals surface area contributed by atoms with E-state index in [1.807, 2.05) is 12.1 Å². The van der Waals surface area contributed by atoms with E-state index < -0.39 is 0 Å². The molecule has 0 aliphatic rings. The van der Waals surface area contributed by atoms with E-state index in [0.717, 1.165) is 5.56 Å². The summed E-state index contributed by atoms with van der Waals surface area (Å²) in [6, 6.07) is 3.38. The van der Waals surface area contributed by atoms with E-state index in [2.05, 4.69) is 10.3 Å². The predicted molar refractivity (Wildman–Crippen MR) is 49.8 cm³/mol. The Bertz CT molecular complexity index is 273. The van der Waals surface area contributed by atoms with Gasteiger partial charge < -0.3 is 11.1 Å². The molecule has 1 rings (SSSR count). The Morgan fingerprint density at radius 3 is 2.77 bits per heavy atom. The number of carbonyl (C=O) groups is 1. The maximum atomic E-state index is 11.0. The predicted octanol–water partition coefficient (Wildman–Crippen LogP) is 0.217. The van der Waals surface area contributed by atoms with E-state index in [0.29, 0.717) is 6.42 Å². The van der Waals surface area contributed by atoms with Crippen molar-refractivity contribution in [3.05, 3.63) is 30.1 Å². The third-order valence-electron chi connectivity index (χ3n) is 1.82. The fraction of sp³-hybridized carbons (Fsp3) is 0.333. The van der Waals surface area contributed by atoms with Crippen LogP contribution < -0.4 is 11.1 Å². The Hall–Kier alpha value is -1.42. The topological polar surface area (TPSA) is 68.0 Å². The lowest BCUT2D eigenvalue weighted by atomic mass is 10.1. The number of nitrogens with two attached hydrogens (primary N) is 1. The minimum Gasteiger partial charge on any atom is -0.359 e. The van der Waals surface area contributed by atoms with Crippen LogP contribution in [0.3, 0.4) is 0 Å². The maximum absolute atomic E-state index is 11.0. The Kier molecular flexibility index (Phi) is 3.40. The van der Waals surface area contributed by atoms with Gasteiger partial charge >= 0.3 is 0 Å². The van der Waals surface area contributed by atoms with Gasteiger partial charge in [0.2, 0.25) is 5.91 Å². The largest absolute Gasteiger partial charge is 0.359 e. The van der Waals surface area contributed by atoms with Gasteiger partial charge in [-0.15, -0.1) is 0 Å². The molecule has 1 atom stereocenters. The quantitative estimate of drug-likeness (QED) is 0.697. The lowest BCUT2D eigenvalue weighted by Gasteiger charge is -2.09. The van der Waals surface area contributed by atoms with Crippen molar-refractivity contribution < 1.29 is 4.79 Å². The van der Waals surface area contributed by atoms with Crippen molar-refractivity contribution in [3.8, 4) is 0 Å². The number of nitrogens with zero attached hydrogens (tertiary/aromatic N) is 1. The molecule has 0 aliphatic heterocycles. The molecule has 1 heterocycles. The molecule has 4 heteroatoms. The van der Waals surface area contributed by atoms with E-state index in [9.17, 15) is 4.79 Å². The standard InChI is InChI=1S/C9H13N3O/c1-11-9(13)6-8(10)7-2-4-12-5-3-7/h2-5,8H,6,10H2,1H3,(H,11,13). The number of hydrogen-bond acceptors (Lipinski definition) is 3. The summed E-state index contributed by atoms with van der Waals surface area (Å²) in [7, 11) is 1.60. The third-order valence-corrected chi connectivity index (χ3v) is 1.82. The van der Waals surface area contributed by atoms with Crippen LogP contribution in [0, 0.1) is 0 Å². The molecule has 4 nitrogen and oxygen atoms in total. The molecule has 0 fully saturated rings. The SMILES string of the molecule is CNC(=O)CC(N)c1ccncc1. The van der Waals surface area contributed by atoms with Gasteiger partial charge in [0.1, 0.15) is 0 Å². The Labute approximate surface area is 77.2 Å². The van der Waals surface area contributed by atoms with Crippen molar-refractivity contribution in [2.45, 2.75) is 12.5 Å². The Morgan fingerprint density at radius 2 is 2.23 bits per heavy atom. The zero-order valence-electron chi connectivity index (χ0n) is 7.53. The molecule has 70 valence electrons. The molecule has 0 saturated heterocycles. The minimum absolute atomic E-state index is 0.0516. The Morgan fingerprint density at radius 1 is 1.62 bits per heavy atom. The van der Waals surface area contributed by atoms with Crippen molar-refractivity contribution in [1.29, 1.82) is 0 Å². The van der Waals surface area contributed by atoms with Crippen LogP contribution in [0.15, 0.2) is 24.5 Å². The fourth-order valence-corrected chi connectivity index (χ4v) is 1.03. The van der Waals surface area contributed by atoms with E-state index in [1.54, 1.807) is 19.4 Å². The molecule has 0 saturated carbocycles. The number of carbonyl (C=O) groups excluding carboxylic acids is 1. The van der Waals surface area contributed by atoms with E-state index in [-0.39, 0.29) is 11.9 Å². The average molecular weight is 179 g/mol. The van der Waals surface area contributed by atoms with Crippen LogP contribution in [-0.4, -0.2) is 17.9 Å². The molecule has 0 radical (unpaired) electrons.